The van der Waals surface area contributed by atoms with E-state index < -0.39 is 29.3 Å². The molecule has 0 radical (unpaired) electrons. The molecule has 5 nitrogen and oxygen atoms in total. The first-order chi connectivity index (χ1) is 19.0. The highest BCUT2D eigenvalue weighted by Gasteiger charge is 2.42. The van der Waals surface area contributed by atoms with Crippen LogP contribution in [0.5, 0.6) is 5.75 Å². The molecular weight excluding hydrogens is 568 g/mol. The highest BCUT2D eigenvalue weighted by Crippen LogP contribution is 2.42. The number of benzene rings is 2. The third kappa shape index (κ3) is 7.01. The lowest BCUT2D eigenvalue weighted by Gasteiger charge is -2.39. The molecule has 1 aromatic heterocycles. The average Bonchev–Trinajstić information content (AvgIpc) is 2.94. The summed E-state index contributed by atoms with van der Waals surface area (Å²) in [7, 11) is 1.51. The summed E-state index contributed by atoms with van der Waals surface area (Å²) in [6.45, 7) is 1.72. The first-order valence-corrected chi connectivity index (χ1v) is 14.4. The molecule has 11 heteroatoms. The molecule has 1 saturated heterocycles. The van der Waals surface area contributed by atoms with Gasteiger partial charge in [0, 0.05) is 22.0 Å². The third-order valence-corrected chi connectivity index (χ3v) is 9.05. The molecule has 0 aliphatic carbocycles. The summed E-state index contributed by atoms with van der Waals surface area (Å²) in [6.07, 6.45) is -2.89. The lowest BCUT2D eigenvalue weighted by Crippen LogP contribution is -2.44. The number of carboxylic acid groups (broad SMARTS) is 1. The molecule has 2 heterocycles. The Morgan fingerprint density at radius 2 is 1.95 bits per heavy atom. The number of aliphatic carboxylic acids is 1. The Balaban J connectivity index is 1.32. The van der Waals surface area contributed by atoms with E-state index in [9.17, 15) is 23.1 Å². The Hall–Kier alpha value is -2.56. The van der Waals surface area contributed by atoms with Crippen molar-refractivity contribution in [3.63, 3.8) is 0 Å². The zero-order valence-electron chi connectivity index (χ0n) is 22.0. The Morgan fingerprint density at radius 3 is 2.62 bits per heavy atom. The number of hydrogen-bond acceptors (Lipinski definition) is 5. The predicted octanol–water partition coefficient (Wildman–Crippen LogP) is 8.06. The average molecular weight is 599 g/mol. The maximum atomic E-state index is 15.6. The molecule has 0 unspecified atom stereocenters. The molecular formula is C29H31ClF4N2O3S. The Bertz CT molecular complexity index is 1330. The summed E-state index contributed by atoms with van der Waals surface area (Å²) >= 11 is 7.51. The van der Waals surface area contributed by atoms with Gasteiger partial charge in [-0.05, 0) is 87.8 Å². The van der Waals surface area contributed by atoms with Crippen LogP contribution in [0.3, 0.4) is 0 Å². The van der Waals surface area contributed by atoms with Gasteiger partial charge >= 0.3 is 12.1 Å². The van der Waals surface area contributed by atoms with Crippen molar-refractivity contribution >= 4 is 40.2 Å². The molecule has 1 aliphatic rings. The van der Waals surface area contributed by atoms with E-state index in [1.165, 1.54) is 37.2 Å². The Kier molecular flexibility index (Phi) is 9.85. The molecule has 40 heavy (non-hydrogen) atoms. The fourth-order valence-corrected chi connectivity index (χ4v) is 6.51. The van der Waals surface area contributed by atoms with E-state index in [2.05, 4.69) is 9.88 Å². The van der Waals surface area contributed by atoms with Gasteiger partial charge in [0.2, 0.25) is 0 Å². The molecule has 1 aliphatic heterocycles. The highest BCUT2D eigenvalue weighted by atomic mass is 35.5. The van der Waals surface area contributed by atoms with E-state index in [0.29, 0.717) is 61.3 Å². The van der Waals surface area contributed by atoms with Gasteiger partial charge in [0.05, 0.1) is 28.6 Å². The second-order valence-electron chi connectivity index (χ2n) is 10.0. The number of rotatable bonds is 11. The number of carbonyl (C=O) groups is 1. The number of aromatic nitrogens is 1. The molecule has 1 N–H and O–H groups in total. The van der Waals surface area contributed by atoms with Crippen molar-refractivity contribution < 1.29 is 32.2 Å². The van der Waals surface area contributed by atoms with Crippen LogP contribution < -0.4 is 4.74 Å². The van der Waals surface area contributed by atoms with Crippen molar-refractivity contribution in [2.24, 2.45) is 5.41 Å². The monoisotopic (exact) mass is 598 g/mol. The number of thioether (sulfide) groups is 1. The minimum Gasteiger partial charge on any atom is -0.497 e. The predicted molar refractivity (Wildman–Crippen MR) is 149 cm³/mol. The maximum Gasteiger partial charge on any atom is 0.417 e. The number of piperidine rings is 1. The van der Waals surface area contributed by atoms with Gasteiger partial charge in [0.25, 0.3) is 0 Å². The van der Waals surface area contributed by atoms with E-state index >= 15 is 4.39 Å². The second-order valence-corrected chi connectivity index (χ2v) is 11.6. The van der Waals surface area contributed by atoms with Gasteiger partial charge in [-0.3, -0.25) is 9.78 Å². The number of fused-ring (bicyclic) bond motifs is 1. The number of halogens is 5. The lowest BCUT2D eigenvalue weighted by atomic mass is 9.74. The molecule has 216 valence electrons. The second kappa shape index (κ2) is 13.0. The smallest absolute Gasteiger partial charge is 0.417 e. The van der Waals surface area contributed by atoms with Crippen LogP contribution in [0.1, 0.15) is 49.4 Å². The number of methoxy groups -OCH3 is 1. The first kappa shape index (κ1) is 30.4. The van der Waals surface area contributed by atoms with Crippen LogP contribution in [0.25, 0.3) is 10.9 Å². The van der Waals surface area contributed by atoms with Crippen LogP contribution in [-0.4, -0.2) is 53.5 Å². The zero-order chi connectivity index (χ0) is 28.9. The summed E-state index contributed by atoms with van der Waals surface area (Å²) in [4.78, 5) is 18.9. The third-order valence-electron chi connectivity index (χ3n) is 7.59. The maximum absolute atomic E-state index is 15.6. The molecule has 0 bridgehead atoms. The number of nitrogens with zero attached hydrogens (tertiary/aromatic N) is 2. The van der Waals surface area contributed by atoms with Crippen molar-refractivity contribution in [1.82, 2.24) is 9.88 Å². The van der Waals surface area contributed by atoms with Crippen LogP contribution in [-0.2, 0) is 11.0 Å². The van der Waals surface area contributed by atoms with Gasteiger partial charge in [-0.2, -0.15) is 13.2 Å². The van der Waals surface area contributed by atoms with E-state index in [0.717, 1.165) is 6.07 Å². The fourth-order valence-electron chi connectivity index (χ4n) is 5.23. The summed E-state index contributed by atoms with van der Waals surface area (Å²) in [5, 5.41) is 10.8. The van der Waals surface area contributed by atoms with Crippen LogP contribution >= 0.6 is 23.4 Å². The van der Waals surface area contributed by atoms with Gasteiger partial charge in [-0.25, -0.2) is 4.39 Å². The molecule has 2 aromatic carbocycles. The highest BCUT2D eigenvalue weighted by molar-refractivity contribution is 7.99. The zero-order valence-corrected chi connectivity index (χ0v) is 23.6. The minimum absolute atomic E-state index is 0.00238. The first-order valence-electron chi connectivity index (χ1n) is 13.0. The van der Waals surface area contributed by atoms with Gasteiger partial charge in [0.15, 0.2) is 0 Å². The minimum atomic E-state index is -4.39. The van der Waals surface area contributed by atoms with Gasteiger partial charge < -0.3 is 14.7 Å². The van der Waals surface area contributed by atoms with E-state index in [1.54, 1.807) is 24.3 Å². The molecule has 0 spiro atoms. The summed E-state index contributed by atoms with van der Waals surface area (Å²) in [5.41, 5.74) is -0.818. The normalized spacial score (nSPS) is 16.6. The number of pyridine rings is 1. The van der Waals surface area contributed by atoms with Crippen LogP contribution in [0, 0.1) is 5.41 Å². The van der Waals surface area contributed by atoms with Gasteiger partial charge in [0.1, 0.15) is 11.9 Å². The van der Waals surface area contributed by atoms with Crippen molar-refractivity contribution in [3.8, 4) is 5.75 Å². The molecule has 1 fully saturated rings. The molecule has 4 rings (SSSR count). The SMILES string of the molecule is COc1ccc2ncc(Cl)c([C@@H](F)CCC3(C(=O)O)CCN(CCCSc4ccccc4C(F)(F)F)CC3)c2c1. The Morgan fingerprint density at radius 1 is 1.23 bits per heavy atom. The molecule has 0 saturated carbocycles. The van der Waals surface area contributed by atoms with Crippen molar-refractivity contribution in [2.45, 2.75) is 49.3 Å². The van der Waals surface area contributed by atoms with Gasteiger partial charge in [-0.15, -0.1) is 11.8 Å². The van der Waals surface area contributed by atoms with Crippen LogP contribution in [0.4, 0.5) is 17.6 Å². The molecule has 1 atom stereocenters. The van der Waals surface area contributed by atoms with Crippen LogP contribution in [0.2, 0.25) is 5.02 Å². The number of carboxylic acids is 1. The van der Waals surface area contributed by atoms with Crippen LogP contribution in [0.15, 0.2) is 53.6 Å². The number of likely N-dealkylation sites (tertiary alicyclic amines) is 1. The number of hydrogen-bond donors (Lipinski definition) is 1. The van der Waals surface area contributed by atoms with Gasteiger partial charge in [-0.1, -0.05) is 23.7 Å². The quantitative estimate of drug-likeness (QED) is 0.137. The largest absolute Gasteiger partial charge is 0.497 e. The summed E-state index contributed by atoms with van der Waals surface area (Å²) in [5.74, 6) is 0.121. The van der Waals surface area contributed by atoms with Crippen molar-refractivity contribution in [1.29, 1.82) is 0 Å². The molecule has 0 amide bonds. The van der Waals surface area contributed by atoms with Crippen molar-refractivity contribution in [2.75, 3.05) is 32.5 Å². The summed E-state index contributed by atoms with van der Waals surface area (Å²) in [6, 6.07) is 10.7. The number of alkyl halides is 4. The van der Waals surface area contributed by atoms with E-state index in [-0.39, 0.29) is 28.3 Å². The standard InChI is InChI=1S/C29H31ClF4N2O3S/c1-39-19-7-8-24-20(17-19)26(22(30)18-35-24)23(31)9-10-28(27(37)38)11-14-36(15-12-28)13-4-16-40-25-6-3-2-5-21(25)29(32,33)34/h2-3,5-8,17-18,23H,4,9-16H2,1H3,(H,37,38)/t23-/m0/s1. The van der Waals surface area contributed by atoms with E-state index in [4.69, 9.17) is 16.3 Å². The molecule has 3 aromatic rings. The fraction of sp³-hybridized carbons (Fsp3) is 0.448. The lowest BCUT2D eigenvalue weighted by molar-refractivity contribution is -0.153. The number of ether oxygens (including phenoxy) is 1. The topological polar surface area (TPSA) is 62.7 Å². The van der Waals surface area contributed by atoms with Crippen molar-refractivity contribution in [3.05, 3.63) is 64.8 Å². The Labute approximate surface area is 239 Å². The summed E-state index contributed by atoms with van der Waals surface area (Å²) < 4.78 is 60.5. The van der Waals surface area contributed by atoms with E-state index in [1.807, 2.05) is 0 Å².